The van der Waals surface area contributed by atoms with Crippen molar-refractivity contribution in [3.8, 4) is 0 Å². The smallest absolute Gasteiger partial charge is 0.253 e. The Bertz CT molecular complexity index is 591. The summed E-state index contributed by atoms with van der Waals surface area (Å²) in [5, 5.41) is 0.433. The molecule has 2 nitrogen and oxygen atoms in total. The molecule has 0 unspecified atom stereocenters. The second-order valence-electron chi connectivity index (χ2n) is 3.29. The predicted octanol–water partition coefficient (Wildman–Crippen LogP) is 3.60. The number of rotatable bonds is 2. The second-order valence-corrected chi connectivity index (χ2v) is 3.98. The van der Waals surface area contributed by atoms with Crippen molar-refractivity contribution in [2.75, 3.05) is 0 Å². The van der Waals surface area contributed by atoms with Crippen molar-refractivity contribution in [2.24, 2.45) is 0 Å². The fraction of sp³-hybridized carbons (Fsp3) is 0. The van der Waals surface area contributed by atoms with E-state index in [4.69, 9.17) is 23.2 Å². The van der Waals surface area contributed by atoms with Crippen LogP contribution in [0.5, 0.6) is 0 Å². The van der Waals surface area contributed by atoms with E-state index in [0.29, 0.717) is 16.5 Å². The Morgan fingerprint density at radius 3 is 2.31 bits per heavy atom. The maximum atomic E-state index is 11.2. The lowest BCUT2D eigenvalue weighted by Gasteiger charge is -2.03. The monoisotopic (exact) mass is 252 g/mol. The zero-order valence-electron chi connectivity index (χ0n) is 8.04. The molecule has 0 aliphatic heterocycles. The first-order valence-electron chi connectivity index (χ1n) is 4.52. The number of halogens is 2. The first-order chi connectivity index (χ1) is 7.59. The second kappa shape index (κ2) is 4.24. The highest BCUT2D eigenvalue weighted by Gasteiger charge is 2.08. The third-order valence-electron chi connectivity index (χ3n) is 2.32. The lowest BCUT2D eigenvalue weighted by Crippen LogP contribution is -1.93. The lowest BCUT2D eigenvalue weighted by molar-refractivity contribution is 0.107. The molecule has 0 aliphatic rings. The van der Waals surface area contributed by atoms with Gasteiger partial charge in [0.15, 0.2) is 0 Å². The van der Waals surface area contributed by atoms with Gasteiger partial charge in [-0.25, -0.2) is 0 Å². The molecule has 4 heteroatoms. The van der Waals surface area contributed by atoms with Gasteiger partial charge in [0.1, 0.15) is 0 Å². The quantitative estimate of drug-likeness (QED) is 0.766. The Balaban J connectivity index is 2.73. The van der Waals surface area contributed by atoms with E-state index in [1.807, 2.05) is 0 Å². The molecular weight excluding hydrogens is 247 g/mol. The van der Waals surface area contributed by atoms with Crippen LogP contribution in [0.25, 0.3) is 10.8 Å². The third kappa shape index (κ3) is 1.94. The van der Waals surface area contributed by atoms with Crippen LogP contribution in [0.3, 0.4) is 0 Å². The van der Waals surface area contributed by atoms with Crippen LogP contribution < -0.4 is 0 Å². The number of carbonyl (C=O) groups is 2. The minimum atomic E-state index is -0.524. The molecule has 0 spiro atoms. The van der Waals surface area contributed by atoms with Gasteiger partial charge in [-0.3, -0.25) is 9.59 Å². The number of fused-ring (bicyclic) bond motifs is 1. The van der Waals surface area contributed by atoms with Crippen molar-refractivity contribution in [3.63, 3.8) is 0 Å². The molecular formula is C12H6Cl2O2. The Hall–Kier alpha value is -1.38. The minimum absolute atomic E-state index is 0.397. The van der Waals surface area contributed by atoms with Gasteiger partial charge in [-0.15, -0.1) is 0 Å². The zero-order chi connectivity index (χ0) is 11.7. The number of hydrogen-bond donors (Lipinski definition) is 0. The van der Waals surface area contributed by atoms with E-state index < -0.39 is 10.5 Å². The molecule has 0 radical (unpaired) electrons. The molecule has 2 rings (SSSR count). The number of carbonyl (C=O) groups excluding carboxylic acids is 2. The molecule has 0 saturated carbocycles. The van der Waals surface area contributed by atoms with E-state index in [9.17, 15) is 9.59 Å². The van der Waals surface area contributed by atoms with Crippen LogP contribution in [0, 0.1) is 0 Å². The Morgan fingerprint density at radius 2 is 1.69 bits per heavy atom. The summed E-state index contributed by atoms with van der Waals surface area (Å²) in [6.45, 7) is 0. The van der Waals surface area contributed by atoms with Crippen molar-refractivity contribution in [2.45, 2.75) is 0 Å². The normalized spacial score (nSPS) is 10.4. The summed E-state index contributed by atoms with van der Waals surface area (Å²) in [4.78, 5) is 22.1. The van der Waals surface area contributed by atoms with E-state index in [0.717, 1.165) is 5.39 Å². The van der Waals surface area contributed by atoms with Gasteiger partial charge in [0.2, 0.25) is 0 Å². The molecule has 0 saturated heterocycles. The van der Waals surface area contributed by atoms with Gasteiger partial charge in [0, 0.05) is 11.1 Å². The van der Waals surface area contributed by atoms with Crippen LogP contribution in [0.2, 0.25) is 0 Å². The van der Waals surface area contributed by atoms with Crippen molar-refractivity contribution >= 4 is 44.5 Å². The van der Waals surface area contributed by atoms with Gasteiger partial charge in [-0.05, 0) is 52.2 Å². The average molecular weight is 253 g/mol. The first kappa shape index (κ1) is 11.1. The highest BCUT2D eigenvalue weighted by molar-refractivity contribution is 6.69. The topological polar surface area (TPSA) is 34.1 Å². The summed E-state index contributed by atoms with van der Waals surface area (Å²) in [5.74, 6) is 0. The van der Waals surface area contributed by atoms with Gasteiger partial charge >= 0.3 is 0 Å². The molecule has 2 aromatic carbocycles. The molecule has 0 amide bonds. The molecule has 0 atom stereocenters. The fourth-order valence-corrected chi connectivity index (χ4v) is 1.86. The van der Waals surface area contributed by atoms with E-state index >= 15 is 0 Å². The van der Waals surface area contributed by atoms with Crippen LogP contribution in [-0.4, -0.2) is 10.5 Å². The van der Waals surface area contributed by atoms with Crippen molar-refractivity contribution in [3.05, 3.63) is 47.5 Å². The fourth-order valence-electron chi connectivity index (χ4n) is 1.58. The van der Waals surface area contributed by atoms with E-state index in [2.05, 4.69) is 0 Å². The first-order valence-corrected chi connectivity index (χ1v) is 5.27. The number of hydrogen-bond acceptors (Lipinski definition) is 2. The molecule has 80 valence electrons. The highest BCUT2D eigenvalue weighted by atomic mass is 35.5. The summed E-state index contributed by atoms with van der Waals surface area (Å²) in [6, 6.07) is 10.0. The lowest BCUT2D eigenvalue weighted by atomic mass is 10.0. The van der Waals surface area contributed by atoms with E-state index in [1.165, 1.54) is 0 Å². The van der Waals surface area contributed by atoms with Gasteiger partial charge in [-0.2, -0.15) is 0 Å². The average Bonchev–Trinajstić information content (AvgIpc) is 2.27. The minimum Gasteiger partial charge on any atom is -0.276 e. The SMILES string of the molecule is O=C(Cl)c1ccc2c(C(=O)Cl)cccc2c1. The van der Waals surface area contributed by atoms with Gasteiger partial charge in [0.05, 0.1) is 0 Å². The van der Waals surface area contributed by atoms with E-state index in [-0.39, 0.29) is 0 Å². The van der Waals surface area contributed by atoms with Crippen LogP contribution >= 0.6 is 23.2 Å². The summed E-state index contributed by atoms with van der Waals surface area (Å²) in [7, 11) is 0. The van der Waals surface area contributed by atoms with Gasteiger partial charge < -0.3 is 0 Å². The molecule has 0 aromatic heterocycles. The van der Waals surface area contributed by atoms with Crippen molar-refractivity contribution in [1.29, 1.82) is 0 Å². The molecule has 0 N–H and O–H groups in total. The zero-order valence-corrected chi connectivity index (χ0v) is 9.55. The molecule has 0 bridgehead atoms. The summed E-state index contributed by atoms with van der Waals surface area (Å²) < 4.78 is 0. The van der Waals surface area contributed by atoms with E-state index in [1.54, 1.807) is 36.4 Å². The molecule has 16 heavy (non-hydrogen) atoms. The van der Waals surface area contributed by atoms with Crippen molar-refractivity contribution in [1.82, 2.24) is 0 Å². The maximum absolute atomic E-state index is 11.2. The van der Waals surface area contributed by atoms with Crippen LogP contribution in [0.4, 0.5) is 0 Å². The summed E-state index contributed by atoms with van der Waals surface area (Å²) >= 11 is 10.8. The van der Waals surface area contributed by atoms with Gasteiger partial charge in [0.25, 0.3) is 10.5 Å². The van der Waals surface area contributed by atoms with Crippen LogP contribution in [-0.2, 0) is 0 Å². The standard InChI is InChI=1S/C12H6Cl2O2/c13-11(15)8-4-5-9-7(6-8)2-1-3-10(9)12(14)16/h1-6H. The number of benzene rings is 2. The Kier molecular flexibility index (Phi) is 2.95. The highest BCUT2D eigenvalue weighted by Crippen LogP contribution is 2.22. The van der Waals surface area contributed by atoms with Crippen LogP contribution in [0.1, 0.15) is 20.7 Å². The molecule has 2 aromatic rings. The molecule has 0 aliphatic carbocycles. The summed E-state index contributed by atoms with van der Waals surface area (Å²) in [5.41, 5.74) is 0.820. The van der Waals surface area contributed by atoms with Gasteiger partial charge in [-0.1, -0.05) is 18.2 Å². The Morgan fingerprint density at radius 1 is 0.938 bits per heavy atom. The Labute approximate surface area is 102 Å². The van der Waals surface area contributed by atoms with Crippen molar-refractivity contribution < 1.29 is 9.59 Å². The third-order valence-corrected chi connectivity index (χ3v) is 2.74. The molecule has 0 fully saturated rings. The van der Waals surface area contributed by atoms with Crippen LogP contribution in [0.15, 0.2) is 36.4 Å². The largest absolute Gasteiger partial charge is 0.276 e. The summed E-state index contributed by atoms with van der Waals surface area (Å²) in [6.07, 6.45) is 0. The predicted molar refractivity (Wildman–Crippen MR) is 64.3 cm³/mol. The molecule has 0 heterocycles. The maximum Gasteiger partial charge on any atom is 0.253 e.